The number of hydrogen-bond acceptors (Lipinski definition) is 2. The van der Waals surface area contributed by atoms with Gasteiger partial charge in [-0.25, -0.2) is 4.79 Å². The molecule has 19 heavy (non-hydrogen) atoms. The summed E-state index contributed by atoms with van der Waals surface area (Å²) in [6, 6.07) is -0.0317. The monoisotopic (exact) mass is 266 g/mol. The minimum absolute atomic E-state index is 0.0161. The fourth-order valence-corrected chi connectivity index (χ4v) is 3.03. The number of hydrogen-bond donors (Lipinski definition) is 2. The maximum absolute atomic E-state index is 12.1. The van der Waals surface area contributed by atoms with Gasteiger partial charge in [0.1, 0.15) is 0 Å². The van der Waals surface area contributed by atoms with E-state index in [1.807, 2.05) is 13.1 Å². The Balaban J connectivity index is 2.15. The van der Waals surface area contributed by atoms with Gasteiger partial charge in [-0.15, -0.1) is 0 Å². The SMILES string of the molecule is CC(C)C1=CN(C2CCC(C(=O)O)C2)C(=O)N[C@H]1C. The molecule has 1 saturated carbocycles. The molecule has 0 saturated heterocycles. The van der Waals surface area contributed by atoms with Gasteiger partial charge in [0, 0.05) is 12.2 Å². The van der Waals surface area contributed by atoms with Crippen LogP contribution in [0.2, 0.25) is 0 Å². The Kier molecular flexibility index (Phi) is 3.83. The molecule has 5 heteroatoms. The topological polar surface area (TPSA) is 69.6 Å². The highest BCUT2D eigenvalue weighted by Crippen LogP contribution is 2.32. The van der Waals surface area contributed by atoms with Gasteiger partial charge in [0.25, 0.3) is 0 Å². The number of rotatable bonds is 3. The molecule has 2 aliphatic rings. The predicted molar refractivity (Wildman–Crippen MR) is 71.5 cm³/mol. The van der Waals surface area contributed by atoms with Gasteiger partial charge in [0.2, 0.25) is 0 Å². The van der Waals surface area contributed by atoms with Crippen LogP contribution in [0.3, 0.4) is 0 Å². The van der Waals surface area contributed by atoms with Gasteiger partial charge < -0.3 is 10.4 Å². The Morgan fingerprint density at radius 2 is 2.16 bits per heavy atom. The minimum atomic E-state index is -0.749. The molecule has 1 fully saturated rings. The van der Waals surface area contributed by atoms with E-state index in [2.05, 4.69) is 19.2 Å². The molecule has 3 atom stereocenters. The highest BCUT2D eigenvalue weighted by molar-refractivity contribution is 5.78. The summed E-state index contributed by atoms with van der Waals surface area (Å²) in [6.07, 6.45) is 3.91. The molecule has 1 aliphatic heterocycles. The molecule has 106 valence electrons. The van der Waals surface area contributed by atoms with Gasteiger partial charge in [0.05, 0.1) is 12.0 Å². The Morgan fingerprint density at radius 1 is 1.47 bits per heavy atom. The Labute approximate surface area is 113 Å². The van der Waals surface area contributed by atoms with Gasteiger partial charge in [-0.05, 0) is 37.7 Å². The molecular weight excluding hydrogens is 244 g/mol. The number of nitrogens with one attached hydrogen (secondary N) is 1. The second kappa shape index (κ2) is 5.23. The first-order valence-electron chi connectivity index (χ1n) is 6.93. The lowest BCUT2D eigenvalue weighted by Gasteiger charge is -2.35. The van der Waals surface area contributed by atoms with Gasteiger partial charge >= 0.3 is 12.0 Å². The molecule has 5 nitrogen and oxygen atoms in total. The van der Waals surface area contributed by atoms with Gasteiger partial charge in [-0.1, -0.05) is 13.8 Å². The van der Waals surface area contributed by atoms with Crippen molar-refractivity contribution >= 4 is 12.0 Å². The van der Waals surface area contributed by atoms with Crippen molar-refractivity contribution in [3.8, 4) is 0 Å². The summed E-state index contributed by atoms with van der Waals surface area (Å²) in [7, 11) is 0. The van der Waals surface area contributed by atoms with Gasteiger partial charge in [-0.2, -0.15) is 0 Å². The van der Waals surface area contributed by atoms with Crippen LogP contribution < -0.4 is 5.32 Å². The van der Waals surface area contributed by atoms with E-state index in [9.17, 15) is 9.59 Å². The molecule has 0 aromatic carbocycles. The van der Waals surface area contributed by atoms with Crippen LogP contribution in [0.15, 0.2) is 11.8 Å². The molecule has 2 N–H and O–H groups in total. The highest BCUT2D eigenvalue weighted by atomic mass is 16.4. The van der Waals surface area contributed by atoms with Crippen LogP contribution in [0.4, 0.5) is 4.79 Å². The molecule has 0 bridgehead atoms. The van der Waals surface area contributed by atoms with Crippen molar-refractivity contribution in [3.05, 3.63) is 11.8 Å². The summed E-state index contributed by atoms with van der Waals surface area (Å²) < 4.78 is 0. The number of amides is 2. The first kappa shape index (κ1) is 13.9. The molecular formula is C14H22N2O3. The first-order valence-corrected chi connectivity index (χ1v) is 6.93. The maximum atomic E-state index is 12.1. The quantitative estimate of drug-likeness (QED) is 0.822. The molecule has 0 aromatic heterocycles. The van der Waals surface area contributed by atoms with E-state index in [-0.39, 0.29) is 24.0 Å². The average Bonchev–Trinajstić information content (AvgIpc) is 2.77. The molecule has 2 unspecified atom stereocenters. The third-order valence-corrected chi connectivity index (χ3v) is 4.18. The van der Waals surface area contributed by atoms with Gasteiger partial charge in [-0.3, -0.25) is 9.69 Å². The van der Waals surface area contributed by atoms with Crippen molar-refractivity contribution in [2.45, 2.75) is 52.1 Å². The number of carboxylic acids is 1. The van der Waals surface area contributed by atoms with E-state index in [0.717, 1.165) is 6.42 Å². The van der Waals surface area contributed by atoms with E-state index < -0.39 is 5.97 Å². The number of carbonyl (C=O) groups is 2. The number of nitrogens with zero attached hydrogens (tertiary/aromatic N) is 1. The van der Waals surface area contributed by atoms with Crippen molar-refractivity contribution in [3.63, 3.8) is 0 Å². The van der Waals surface area contributed by atoms with Crippen molar-refractivity contribution in [2.75, 3.05) is 0 Å². The van der Waals surface area contributed by atoms with Crippen LogP contribution in [0.1, 0.15) is 40.0 Å². The van der Waals surface area contributed by atoms with Crippen LogP contribution in [0.5, 0.6) is 0 Å². The molecule has 0 spiro atoms. The van der Waals surface area contributed by atoms with Crippen LogP contribution in [-0.2, 0) is 4.79 Å². The molecule has 1 heterocycles. The van der Waals surface area contributed by atoms with Crippen molar-refractivity contribution < 1.29 is 14.7 Å². The number of carbonyl (C=O) groups excluding carboxylic acids is 1. The van der Waals surface area contributed by atoms with Crippen LogP contribution in [0, 0.1) is 11.8 Å². The summed E-state index contributed by atoms with van der Waals surface area (Å²) in [5, 5.41) is 12.0. The average molecular weight is 266 g/mol. The van der Waals surface area contributed by atoms with E-state index in [1.165, 1.54) is 5.57 Å². The number of urea groups is 1. The Hall–Kier alpha value is -1.52. The van der Waals surface area contributed by atoms with Crippen molar-refractivity contribution in [2.24, 2.45) is 11.8 Å². The second-order valence-electron chi connectivity index (χ2n) is 5.86. The summed E-state index contributed by atoms with van der Waals surface area (Å²) in [5.74, 6) is -0.691. The predicted octanol–water partition coefficient (Wildman–Crippen LogP) is 2.19. The zero-order chi connectivity index (χ0) is 14.2. The van der Waals surface area contributed by atoms with Crippen molar-refractivity contribution in [1.29, 1.82) is 0 Å². The lowest BCUT2D eigenvalue weighted by molar-refractivity contribution is -0.141. The Morgan fingerprint density at radius 3 is 2.68 bits per heavy atom. The Bertz CT molecular complexity index is 417. The van der Waals surface area contributed by atoms with Gasteiger partial charge in [0.15, 0.2) is 0 Å². The zero-order valence-corrected chi connectivity index (χ0v) is 11.7. The summed E-state index contributed by atoms with van der Waals surface area (Å²) in [4.78, 5) is 24.8. The summed E-state index contributed by atoms with van der Waals surface area (Å²) >= 11 is 0. The third-order valence-electron chi connectivity index (χ3n) is 4.18. The fourth-order valence-electron chi connectivity index (χ4n) is 3.03. The third kappa shape index (κ3) is 2.74. The van der Waals surface area contributed by atoms with E-state index in [4.69, 9.17) is 5.11 Å². The minimum Gasteiger partial charge on any atom is -0.481 e. The smallest absolute Gasteiger partial charge is 0.322 e. The molecule has 0 aromatic rings. The van der Waals surface area contributed by atoms with Crippen LogP contribution in [-0.4, -0.2) is 34.1 Å². The maximum Gasteiger partial charge on any atom is 0.322 e. The largest absolute Gasteiger partial charge is 0.481 e. The van der Waals surface area contributed by atoms with Crippen LogP contribution >= 0.6 is 0 Å². The standard InChI is InChI=1S/C14H22N2O3/c1-8(2)12-7-16(14(19)15-9(12)3)11-5-4-10(6-11)13(17)18/h7-11H,4-6H2,1-3H3,(H,15,19)(H,17,18)/t9-,10?,11?/m0/s1. The summed E-state index contributed by atoms with van der Waals surface area (Å²) in [6.45, 7) is 6.19. The van der Waals surface area contributed by atoms with Crippen LogP contribution in [0.25, 0.3) is 0 Å². The fraction of sp³-hybridized carbons (Fsp3) is 0.714. The van der Waals surface area contributed by atoms with Crippen molar-refractivity contribution in [1.82, 2.24) is 10.2 Å². The van der Waals surface area contributed by atoms with E-state index >= 15 is 0 Å². The summed E-state index contributed by atoms with van der Waals surface area (Å²) in [5.41, 5.74) is 1.19. The van der Waals surface area contributed by atoms with E-state index in [0.29, 0.717) is 18.8 Å². The first-order chi connectivity index (χ1) is 8.90. The zero-order valence-electron chi connectivity index (χ0n) is 11.7. The van der Waals surface area contributed by atoms with E-state index in [1.54, 1.807) is 4.90 Å². The molecule has 2 rings (SSSR count). The normalized spacial score (nSPS) is 31.4. The lowest BCUT2D eigenvalue weighted by atomic mass is 9.96. The number of aliphatic carboxylic acids is 1. The molecule has 0 radical (unpaired) electrons. The molecule has 2 amide bonds. The second-order valence-corrected chi connectivity index (χ2v) is 5.86. The number of carboxylic acid groups (broad SMARTS) is 1. The molecule has 1 aliphatic carbocycles. The highest BCUT2D eigenvalue weighted by Gasteiger charge is 2.37. The lowest BCUT2D eigenvalue weighted by Crippen LogP contribution is -2.50.